The van der Waals surface area contributed by atoms with Gasteiger partial charge in [0.2, 0.25) is 5.91 Å². The van der Waals surface area contributed by atoms with Crippen molar-refractivity contribution in [3.8, 4) is 5.75 Å². The number of carbonyl (C=O) groups is 2. The minimum absolute atomic E-state index is 0.268. The summed E-state index contributed by atoms with van der Waals surface area (Å²) in [5.41, 5.74) is 0.479. The summed E-state index contributed by atoms with van der Waals surface area (Å²) in [5, 5.41) is 2.15. The van der Waals surface area contributed by atoms with Crippen LogP contribution in [0.1, 0.15) is 18.9 Å². The Morgan fingerprint density at radius 3 is 2.54 bits per heavy atom. The van der Waals surface area contributed by atoms with Gasteiger partial charge in [0.15, 0.2) is 24.1 Å². The van der Waals surface area contributed by atoms with E-state index in [9.17, 15) is 22.8 Å². The smallest absolute Gasteiger partial charge is 0.260 e. The topological polar surface area (TPSA) is 58.6 Å². The maximum Gasteiger partial charge on any atom is 0.260 e. The number of nitrogens with zero attached hydrogens (tertiary/aromatic N) is 1. The molecule has 0 bridgehead atoms. The Morgan fingerprint density at radius 2 is 1.86 bits per heavy atom. The van der Waals surface area contributed by atoms with Crippen molar-refractivity contribution in [3.63, 3.8) is 0 Å². The van der Waals surface area contributed by atoms with E-state index < -0.39 is 35.0 Å². The third-order valence-electron chi connectivity index (χ3n) is 3.84. The van der Waals surface area contributed by atoms with Crippen LogP contribution in [0.2, 0.25) is 0 Å². The van der Waals surface area contributed by atoms with Gasteiger partial charge in [-0.3, -0.25) is 9.59 Å². The maximum absolute atomic E-state index is 13.7. The van der Waals surface area contributed by atoms with Crippen molar-refractivity contribution in [1.82, 2.24) is 4.90 Å². The highest BCUT2D eigenvalue weighted by Crippen LogP contribution is 2.19. The summed E-state index contributed by atoms with van der Waals surface area (Å²) in [4.78, 5) is 25.8. The number of rotatable bonds is 8. The highest BCUT2D eigenvalue weighted by atomic mass is 19.2. The largest absolute Gasteiger partial charge is 0.484 e. The predicted molar refractivity (Wildman–Crippen MR) is 98.5 cm³/mol. The maximum atomic E-state index is 13.7. The lowest BCUT2D eigenvalue weighted by Gasteiger charge is -2.22. The Hall–Kier alpha value is -3.03. The number of ether oxygens (including phenoxy) is 1. The second-order valence-electron chi connectivity index (χ2n) is 6.19. The zero-order chi connectivity index (χ0) is 20.7. The standard InChI is InChI=1S/C20H21F3N2O3/c1-3-9-25(18(27)12-28-14-6-4-5-13(2)10-14)11-17(26)24-16-8-7-15(21)19(22)20(16)23/h4-8,10H,3,9,11-12H2,1-2H3,(H,24,26). The Balaban J connectivity index is 1.98. The lowest BCUT2D eigenvalue weighted by Crippen LogP contribution is -2.41. The minimum Gasteiger partial charge on any atom is -0.484 e. The highest BCUT2D eigenvalue weighted by Gasteiger charge is 2.20. The fraction of sp³-hybridized carbons (Fsp3) is 0.300. The molecular formula is C20H21F3N2O3. The molecule has 0 spiro atoms. The molecule has 0 radical (unpaired) electrons. The number of benzene rings is 2. The first-order valence-electron chi connectivity index (χ1n) is 8.72. The molecule has 0 saturated carbocycles. The summed E-state index contributed by atoms with van der Waals surface area (Å²) in [6, 6.07) is 8.79. The molecule has 0 atom stereocenters. The Bertz CT molecular complexity index is 859. The Labute approximate surface area is 161 Å². The normalized spacial score (nSPS) is 10.5. The van der Waals surface area contributed by atoms with Gasteiger partial charge in [-0.25, -0.2) is 13.2 Å². The molecule has 28 heavy (non-hydrogen) atoms. The molecule has 0 heterocycles. The third kappa shape index (κ3) is 5.73. The van der Waals surface area contributed by atoms with Gasteiger partial charge in [0.1, 0.15) is 5.75 Å². The van der Waals surface area contributed by atoms with Crippen LogP contribution in [0.4, 0.5) is 18.9 Å². The number of aryl methyl sites for hydroxylation is 1. The van der Waals surface area contributed by atoms with Gasteiger partial charge in [0, 0.05) is 6.54 Å². The number of nitrogens with one attached hydrogen (secondary N) is 1. The van der Waals surface area contributed by atoms with Crippen LogP contribution in [0.25, 0.3) is 0 Å². The summed E-state index contributed by atoms with van der Waals surface area (Å²) < 4.78 is 45.4. The average molecular weight is 394 g/mol. The van der Waals surface area contributed by atoms with E-state index in [0.717, 1.165) is 11.6 Å². The van der Waals surface area contributed by atoms with Gasteiger partial charge in [-0.05, 0) is 43.2 Å². The monoisotopic (exact) mass is 394 g/mol. The molecular weight excluding hydrogens is 373 g/mol. The van der Waals surface area contributed by atoms with Gasteiger partial charge in [0.25, 0.3) is 5.91 Å². The zero-order valence-electron chi connectivity index (χ0n) is 15.6. The summed E-state index contributed by atoms with van der Waals surface area (Å²) >= 11 is 0. The molecule has 2 aromatic carbocycles. The molecule has 0 aliphatic rings. The Morgan fingerprint density at radius 1 is 1.11 bits per heavy atom. The van der Waals surface area contributed by atoms with E-state index in [4.69, 9.17) is 4.74 Å². The number of anilines is 1. The van der Waals surface area contributed by atoms with Crippen molar-refractivity contribution >= 4 is 17.5 Å². The predicted octanol–water partition coefficient (Wildman–Crippen LogP) is 3.67. The summed E-state index contributed by atoms with van der Waals surface area (Å²) in [6.45, 7) is 3.36. The van der Waals surface area contributed by atoms with Crippen molar-refractivity contribution in [3.05, 3.63) is 59.4 Å². The molecule has 0 fully saturated rings. The number of carbonyl (C=O) groups excluding carboxylic acids is 2. The average Bonchev–Trinajstić information content (AvgIpc) is 2.66. The first-order chi connectivity index (χ1) is 13.3. The molecule has 150 valence electrons. The number of amides is 2. The van der Waals surface area contributed by atoms with Crippen LogP contribution in [-0.2, 0) is 9.59 Å². The van der Waals surface area contributed by atoms with Crippen LogP contribution >= 0.6 is 0 Å². The minimum atomic E-state index is -1.68. The van der Waals surface area contributed by atoms with Crippen LogP contribution in [0, 0.1) is 24.4 Å². The molecule has 5 nitrogen and oxygen atoms in total. The van der Waals surface area contributed by atoms with Crippen molar-refractivity contribution in [1.29, 1.82) is 0 Å². The zero-order valence-corrected chi connectivity index (χ0v) is 15.6. The first kappa shape index (κ1) is 21.3. The van der Waals surface area contributed by atoms with E-state index in [0.29, 0.717) is 18.2 Å². The fourth-order valence-electron chi connectivity index (χ4n) is 2.49. The molecule has 0 aliphatic carbocycles. The Kier molecular flexibility index (Phi) is 7.43. The van der Waals surface area contributed by atoms with E-state index >= 15 is 0 Å². The first-order valence-corrected chi connectivity index (χ1v) is 8.72. The van der Waals surface area contributed by atoms with Crippen LogP contribution in [0.15, 0.2) is 36.4 Å². The van der Waals surface area contributed by atoms with Crippen LogP contribution in [-0.4, -0.2) is 36.4 Å². The number of halogens is 3. The van der Waals surface area contributed by atoms with E-state index in [2.05, 4.69) is 5.32 Å². The van der Waals surface area contributed by atoms with Gasteiger partial charge in [0.05, 0.1) is 12.2 Å². The lowest BCUT2D eigenvalue weighted by atomic mass is 10.2. The number of hydrogen-bond donors (Lipinski definition) is 1. The lowest BCUT2D eigenvalue weighted by molar-refractivity contribution is -0.136. The molecule has 0 unspecified atom stereocenters. The van der Waals surface area contributed by atoms with Gasteiger partial charge in [-0.15, -0.1) is 0 Å². The van der Waals surface area contributed by atoms with E-state index in [1.165, 1.54) is 4.90 Å². The van der Waals surface area contributed by atoms with E-state index in [-0.39, 0.29) is 19.7 Å². The molecule has 2 rings (SSSR count). The molecule has 0 aliphatic heterocycles. The van der Waals surface area contributed by atoms with Crippen molar-refractivity contribution < 1.29 is 27.5 Å². The second kappa shape index (κ2) is 9.77. The second-order valence-corrected chi connectivity index (χ2v) is 6.19. The number of hydrogen-bond acceptors (Lipinski definition) is 3. The molecule has 0 aromatic heterocycles. The van der Waals surface area contributed by atoms with E-state index in [1.807, 2.05) is 19.9 Å². The van der Waals surface area contributed by atoms with Gasteiger partial charge >= 0.3 is 0 Å². The van der Waals surface area contributed by atoms with E-state index in [1.54, 1.807) is 18.2 Å². The fourth-order valence-corrected chi connectivity index (χ4v) is 2.49. The summed E-state index contributed by atoms with van der Waals surface area (Å²) in [6.07, 6.45) is 0.586. The van der Waals surface area contributed by atoms with Crippen molar-refractivity contribution in [2.45, 2.75) is 20.3 Å². The van der Waals surface area contributed by atoms with Gasteiger partial charge in [-0.1, -0.05) is 19.1 Å². The summed E-state index contributed by atoms with van der Waals surface area (Å²) in [5.74, 6) is -5.16. The molecule has 2 aromatic rings. The quantitative estimate of drug-likeness (QED) is 0.695. The summed E-state index contributed by atoms with van der Waals surface area (Å²) in [7, 11) is 0. The molecule has 0 saturated heterocycles. The SMILES string of the molecule is CCCN(CC(=O)Nc1ccc(F)c(F)c1F)C(=O)COc1cccc(C)c1. The van der Waals surface area contributed by atoms with Gasteiger partial charge < -0.3 is 15.0 Å². The third-order valence-corrected chi connectivity index (χ3v) is 3.84. The van der Waals surface area contributed by atoms with Gasteiger partial charge in [-0.2, -0.15) is 0 Å². The van der Waals surface area contributed by atoms with Crippen molar-refractivity contribution in [2.75, 3.05) is 25.0 Å². The molecule has 2 amide bonds. The highest BCUT2D eigenvalue weighted by molar-refractivity contribution is 5.94. The van der Waals surface area contributed by atoms with Crippen LogP contribution in [0.5, 0.6) is 5.75 Å². The van der Waals surface area contributed by atoms with Crippen LogP contribution in [0.3, 0.4) is 0 Å². The van der Waals surface area contributed by atoms with Crippen molar-refractivity contribution in [2.24, 2.45) is 0 Å². The molecule has 1 N–H and O–H groups in total. The molecule has 8 heteroatoms. The van der Waals surface area contributed by atoms with Crippen LogP contribution < -0.4 is 10.1 Å².